The van der Waals surface area contributed by atoms with Crippen LogP contribution in [0.25, 0.3) is 0 Å². The van der Waals surface area contributed by atoms with Crippen molar-refractivity contribution >= 4 is 0 Å². The molecule has 86 valence electrons. The van der Waals surface area contributed by atoms with Gasteiger partial charge in [-0.3, -0.25) is 0 Å². The molecule has 0 spiro atoms. The molecule has 1 aromatic rings. The lowest BCUT2D eigenvalue weighted by Gasteiger charge is -2.15. The molecule has 0 aliphatic rings. The molecule has 1 aromatic heterocycles. The summed E-state index contributed by atoms with van der Waals surface area (Å²) in [6, 6.07) is 0.358. The monoisotopic (exact) mass is 212 g/mol. The Labute approximate surface area is 90.5 Å². The lowest BCUT2D eigenvalue weighted by atomic mass is 10.1. The molecule has 1 heterocycles. The fourth-order valence-corrected chi connectivity index (χ4v) is 1.53. The number of nitrogens with one attached hydrogen (secondary N) is 1. The van der Waals surface area contributed by atoms with Crippen molar-refractivity contribution < 1.29 is 5.11 Å². The Balaban J connectivity index is 2.41. The summed E-state index contributed by atoms with van der Waals surface area (Å²) < 4.78 is 1.87. The molecule has 0 fully saturated rings. The lowest BCUT2D eigenvalue weighted by molar-refractivity contribution is 0.261. The van der Waals surface area contributed by atoms with Crippen LogP contribution in [-0.4, -0.2) is 32.5 Å². The van der Waals surface area contributed by atoms with Crippen molar-refractivity contribution in [3.63, 3.8) is 0 Å². The highest BCUT2D eigenvalue weighted by Gasteiger charge is 2.07. The van der Waals surface area contributed by atoms with Crippen LogP contribution in [0.2, 0.25) is 0 Å². The Morgan fingerprint density at radius 1 is 1.53 bits per heavy atom. The van der Waals surface area contributed by atoms with Gasteiger partial charge >= 0.3 is 0 Å². The van der Waals surface area contributed by atoms with Gasteiger partial charge in [-0.05, 0) is 19.8 Å². The highest BCUT2D eigenvalue weighted by Crippen LogP contribution is 1.99. The van der Waals surface area contributed by atoms with Crippen LogP contribution < -0.4 is 5.32 Å². The van der Waals surface area contributed by atoms with Gasteiger partial charge in [-0.15, -0.1) is 0 Å². The van der Waals surface area contributed by atoms with E-state index in [0.717, 1.165) is 25.2 Å². The van der Waals surface area contributed by atoms with Gasteiger partial charge in [0, 0.05) is 19.2 Å². The summed E-state index contributed by atoms with van der Waals surface area (Å²) >= 11 is 0. The lowest BCUT2D eigenvalue weighted by Crippen LogP contribution is -2.30. The van der Waals surface area contributed by atoms with E-state index in [0.29, 0.717) is 12.6 Å². The maximum absolute atomic E-state index is 8.85. The van der Waals surface area contributed by atoms with Crippen molar-refractivity contribution in [3.8, 4) is 0 Å². The van der Waals surface area contributed by atoms with E-state index >= 15 is 0 Å². The van der Waals surface area contributed by atoms with Crippen LogP contribution in [0.3, 0.4) is 0 Å². The fourth-order valence-electron chi connectivity index (χ4n) is 1.53. The molecule has 2 N–H and O–H groups in total. The highest BCUT2D eigenvalue weighted by molar-refractivity contribution is 4.84. The SMILES string of the molecule is CCC(CCO)NCc1ncnn1CC. The zero-order valence-electron chi connectivity index (χ0n) is 9.48. The van der Waals surface area contributed by atoms with E-state index in [1.165, 1.54) is 0 Å². The van der Waals surface area contributed by atoms with Gasteiger partial charge in [0.2, 0.25) is 0 Å². The maximum atomic E-state index is 8.85. The van der Waals surface area contributed by atoms with Crippen molar-refractivity contribution in [2.45, 2.75) is 45.8 Å². The number of aryl methyl sites for hydroxylation is 1. The number of hydrogen-bond acceptors (Lipinski definition) is 4. The van der Waals surface area contributed by atoms with Gasteiger partial charge in [0.25, 0.3) is 0 Å². The number of aromatic nitrogens is 3. The molecule has 0 saturated carbocycles. The quantitative estimate of drug-likeness (QED) is 0.693. The van der Waals surface area contributed by atoms with Gasteiger partial charge in [-0.25, -0.2) is 9.67 Å². The van der Waals surface area contributed by atoms with Gasteiger partial charge in [-0.2, -0.15) is 5.10 Å². The molecule has 0 bridgehead atoms. The maximum Gasteiger partial charge on any atom is 0.140 e. The summed E-state index contributed by atoms with van der Waals surface area (Å²) in [4.78, 5) is 4.18. The number of aliphatic hydroxyl groups is 1. The van der Waals surface area contributed by atoms with Crippen molar-refractivity contribution in [3.05, 3.63) is 12.2 Å². The first-order valence-corrected chi connectivity index (χ1v) is 5.52. The van der Waals surface area contributed by atoms with E-state index in [-0.39, 0.29) is 6.61 Å². The highest BCUT2D eigenvalue weighted by atomic mass is 16.3. The van der Waals surface area contributed by atoms with E-state index in [4.69, 9.17) is 5.11 Å². The molecule has 1 unspecified atom stereocenters. The molecule has 0 saturated heterocycles. The van der Waals surface area contributed by atoms with Gasteiger partial charge in [0.05, 0.1) is 6.54 Å². The van der Waals surface area contributed by atoms with Crippen LogP contribution >= 0.6 is 0 Å². The van der Waals surface area contributed by atoms with Crippen LogP contribution in [0.4, 0.5) is 0 Å². The van der Waals surface area contributed by atoms with E-state index in [1.54, 1.807) is 6.33 Å². The molecular formula is C10H20N4O. The Hall–Kier alpha value is -0.940. The third-order valence-electron chi connectivity index (χ3n) is 2.51. The third kappa shape index (κ3) is 3.60. The number of rotatable bonds is 7. The molecule has 0 amide bonds. The minimum Gasteiger partial charge on any atom is -0.396 e. The van der Waals surface area contributed by atoms with Crippen LogP contribution in [0.5, 0.6) is 0 Å². The van der Waals surface area contributed by atoms with Gasteiger partial charge in [0.15, 0.2) is 0 Å². The summed E-state index contributed by atoms with van der Waals surface area (Å²) in [6.45, 7) is 5.94. The molecule has 0 aromatic carbocycles. The van der Waals surface area contributed by atoms with E-state index in [9.17, 15) is 0 Å². The van der Waals surface area contributed by atoms with Crippen LogP contribution in [-0.2, 0) is 13.1 Å². The zero-order chi connectivity index (χ0) is 11.1. The normalized spacial score (nSPS) is 13.0. The first kappa shape index (κ1) is 12.1. The van der Waals surface area contributed by atoms with Crippen LogP contribution in [0, 0.1) is 0 Å². The Morgan fingerprint density at radius 3 is 2.93 bits per heavy atom. The predicted octanol–water partition coefficient (Wildman–Crippen LogP) is 0.549. The largest absolute Gasteiger partial charge is 0.396 e. The third-order valence-corrected chi connectivity index (χ3v) is 2.51. The Kier molecular flexibility index (Phi) is 5.28. The molecule has 0 aliphatic carbocycles. The molecule has 15 heavy (non-hydrogen) atoms. The molecule has 1 atom stereocenters. The van der Waals surface area contributed by atoms with Crippen LogP contribution in [0.1, 0.15) is 32.5 Å². The summed E-state index contributed by atoms with van der Waals surface area (Å²) in [5.74, 6) is 0.953. The number of nitrogens with zero attached hydrogens (tertiary/aromatic N) is 3. The predicted molar refractivity (Wildman–Crippen MR) is 58.3 cm³/mol. The van der Waals surface area contributed by atoms with Crippen molar-refractivity contribution in [1.29, 1.82) is 0 Å². The molecular weight excluding hydrogens is 192 g/mol. The van der Waals surface area contributed by atoms with Crippen molar-refractivity contribution in [1.82, 2.24) is 20.1 Å². The van der Waals surface area contributed by atoms with Gasteiger partial charge < -0.3 is 10.4 Å². The number of aliphatic hydroxyl groups excluding tert-OH is 1. The second kappa shape index (κ2) is 6.53. The van der Waals surface area contributed by atoms with Crippen molar-refractivity contribution in [2.24, 2.45) is 0 Å². The average molecular weight is 212 g/mol. The topological polar surface area (TPSA) is 63.0 Å². The Morgan fingerprint density at radius 2 is 2.33 bits per heavy atom. The molecule has 0 aliphatic heterocycles. The second-order valence-corrected chi connectivity index (χ2v) is 3.49. The standard InChI is InChI=1S/C10H20N4O/c1-3-9(5-6-15)11-7-10-12-8-13-14(10)4-2/h8-9,11,15H,3-7H2,1-2H3. The van der Waals surface area contributed by atoms with E-state index in [1.807, 2.05) is 11.6 Å². The second-order valence-electron chi connectivity index (χ2n) is 3.49. The summed E-state index contributed by atoms with van der Waals surface area (Å²) in [6.07, 6.45) is 3.38. The van der Waals surface area contributed by atoms with E-state index < -0.39 is 0 Å². The fraction of sp³-hybridized carbons (Fsp3) is 0.800. The van der Waals surface area contributed by atoms with Crippen molar-refractivity contribution in [2.75, 3.05) is 6.61 Å². The smallest absolute Gasteiger partial charge is 0.140 e. The van der Waals surface area contributed by atoms with E-state index in [2.05, 4.69) is 22.3 Å². The van der Waals surface area contributed by atoms with Crippen LogP contribution in [0.15, 0.2) is 6.33 Å². The minimum absolute atomic E-state index is 0.228. The molecule has 1 rings (SSSR count). The van der Waals surface area contributed by atoms with Gasteiger partial charge in [0.1, 0.15) is 12.2 Å². The molecule has 5 nitrogen and oxygen atoms in total. The molecule has 5 heteroatoms. The summed E-state index contributed by atoms with van der Waals surface area (Å²) in [5.41, 5.74) is 0. The first-order valence-electron chi connectivity index (χ1n) is 5.52. The Bertz CT molecular complexity index is 274. The summed E-state index contributed by atoms with van der Waals surface area (Å²) in [7, 11) is 0. The molecule has 0 radical (unpaired) electrons. The summed E-state index contributed by atoms with van der Waals surface area (Å²) in [5, 5.41) is 16.3. The number of hydrogen-bond donors (Lipinski definition) is 2. The minimum atomic E-state index is 0.228. The first-order chi connectivity index (χ1) is 7.31. The zero-order valence-corrected chi connectivity index (χ0v) is 9.48. The average Bonchev–Trinajstić information content (AvgIpc) is 2.71. The van der Waals surface area contributed by atoms with Gasteiger partial charge in [-0.1, -0.05) is 6.92 Å².